The summed E-state index contributed by atoms with van der Waals surface area (Å²) in [7, 11) is 0. The molecular formula is C12H20BrN3. The zero-order valence-electron chi connectivity index (χ0n) is 10.0. The molecule has 1 fully saturated rings. The number of nitrogens with zero attached hydrogens (tertiary/aromatic N) is 2. The second-order valence-electron chi connectivity index (χ2n) is 4.83. The standard InChI is InChI=1S/C12H20BrN3/c1-9(2)16-12(11(13)8-15-16)7-10-5-3-4-6-14-10/h8-10,14H,3-7H2,1-2H3. The van der Waals surface area contributed by atoms with Gasteiger partial charge in [-0.05, 0) is 49.2 Å². The first kappa shape index (κ1) is 12.1. The fourth-order valence-electron chi connectivity index (χ4n) is 2.33. The molecule has 90 valence electrons. The maximum Gasteiger partial charge on any atom is 0.0635 e. The number of piperidine rings is 1. The van der Waals surface area contributed by atoms with Gasteiger partial charge in [-0.25, -0.2) is 0 Å². The number of hydrogen-bond donors (Lipinski definition) is 1. The lowest BCUT2D eigenvalue weighted by atomic mass is 10.0. The molecule has 1 aromatic heterocycles. The summed E-state index contributed by atoms with van der Waals surface area (Å²) >= 11 is 3.60. The van der Waals surface area contributed by atoms with Crippen LogP contribution in [0.15, 0.2) is 10.7 Å². The SMILES string of the molecule is CC(C)n1ncc(Br)c1CC1CCCCN1. The van der Waals surface area contributed by atoms with Gasteiger partial charge in [-0.15, -0.1) is 0 Å². The summed E-state index contributed by atoms with van der Waals surface area (Å²) < 4.78 is 3.27. The normalized spacial score (nSPS) is 21.6. The van der Waals surface area contributed by atoms with E-state index in [1.54, 1.807) is 0 Å². The lowest BCUT2D eigenvalue weighted by Crippen LogP contribution is -2.36. The van der Waals surface area contributed by atoms with Crippen LogP contribution < -0.4 is 5.32 Å². The Hall–Kier alpha value is -0.350. The Morgan fingerprint density at radius 2 is 2.38 bits per heavy atom. The minimum atomic E-state index is 0.435. The van der Waals surface area contributed by atoms with Crippen LogP contribution in [0.25, 0.3) is 0 Å². The molecule has 1 saturated heterocycles. The van der Waals surface area contributed by atoms with Crippen molar-refractivity contribution in [2.75, 3.05) is 6.54 Å². The van der Waals surface area contributed by atoms with Crippen molar-refractivity contribution in [2.24, 2.45) is 0 Å². The molecule has 1 unspecified atom stereocenters. The number of halogens is 1. The third-order valence-electron chi connectivity index (χ3n) is 3.19. The molecule has 0 aromatic carbocycles. The molecule has 0 radical (unpaired) electrons. The summed E-state index contributed by atoms with van der Waals surface area (Å²) in [4.78, 5) is 0. The first-order valence-electron chi connectivity index (χ1n) is 6.13. The molecule has 1 aromatic rings. The molecule has 1 N–H and O–H groups in total. The second kappa shape index (κ2) is 5.32. The summed E-state index contributed by atoms with van der Waals surface area (Å²) in [5.41, 5.74) is 1.33. The van der Waals surface area contributed by atoms with Crippen molar-refractivity contribution < 1.29 is 0 Å². The predicted molar refractivity (Wildman–Crippen MR) is 69.7 cm³/mol. The van der Waals surface area contributed by atoms with Crippen LogP contribution in [-0.2, 0) is 6.42 Å². The van der Waals surface area contributed by atoms with E-state index in [-0.39, 0.29) is 0 Å². The summed E-state index contributed by atoms with van der Waals surface area (Å²) in [5, 5.41) is 8.01. The third-order valence-corrected chi connectivity index (χ3v) is 3.85. The molecule has 16 heavy (non-hydrogen) atoms. The van der Waals surface area contributed by atoms with Crippen molar-refractivity contribution in [1.29, 1.82) is 0 Å². The van der Waals surface area contributed by atoms with E-state index >= 15 is 0 Å². The average Bonchev–Trinajstić information content (AvgIpc) is 2.62. The lowest BCUT2D eigenvalue weighted by molar-refractivity contribution is 0.385. The van der Waals surface area contributed by atoms with E-state index in [9.17, 15) is 0 Å². The fourth-order valence-corrected chi connectivity index (χ4v) is 2.77. The van der Waals surface area contributed by atoms with Crippen molar-refractivity contribution >= 4 is 15.9 Å². The molecule has 0 amide bonds. The van der Waals surface area contributed by atoms with E-state index in [0.29, 0.717) is 12.1 Å². The van der Waals surface area contributed by atoms with Gasteiger partial charge < -0.3 is 5.32 Å². The van der Waals surface area contributed by atoms with Gasteiger partial charge in [-0.3, -0.25) is 4.68 Å². The highest BCUT2D eigenvalue weighted by Crippen LogP contribution is 2.22. The Kier molecular flexibility index (Phi) is 4.03. The Balaban J connectivity index is 2.09. The molecular weight excluding hydrogens is 266 g/mol. The highest BCUT2D eigenvalue weighted by molar-refractivity contribution is 9.10. The van der Waals surface area contributed by atoms with Gasteiger partial charge in [-0.2, -0.15) is 5.10 Å². The fraction of sp³-hybridized carbons (Fsp3) is 0.750. The summed E-state index contributed by atoms with van der Waals surface area (Å²) in [6, 6.07) is 1.06. The largest absolute Gasteiger partial charge is 0.314 e. The van der Waals surface area contributed by atoms with Gasteiger partial charge in [0.25, 0.3) is 0 Å². The molecule has 1 aliphatic rings. The topological polar surface area (TPSA) is 29.9 Å². The molecule has 3 nitrogen and oxygen atoms in total. The summed E-state index contributed by atoms with van der Waals surface area (Å²) in [6.07, 6.45) is 6.96. The molecule has 0 saturated carbocycles. The van der Waals surface area contributed by atoms with Gasteiger partial charge in [0.1, 0.15) is 0 Å². The first-order valence-corrected chi connectivity index (χ1v) is 6.93. The molecule has 1 aliphatic heterocycles. The van der Waals surface area contributed by atoms with Crippen molar-refractivity contribution in [3.05, 3.63) is 16.4 Å². The maximum absolute atomic E-state index is 4.42. The van der Waals surface area contributed by atoms with E-state index in [4.69, 9.17) is 0 Å². The lowest BCUT2D eigenvalue weighted by Gasteiger charge is -2.24. The van der Waals surface area contributed by atoms with Crippen LogP contribution in [0.5, 0.6) is 0 Å². The van der Waals surface area contributed by atoms with Gasteiger partial charge in [-0.1, -0.05) is 6.42 Å². The molecule has 1 atom stereocenters. The molecule has 0 aliphatic carbocycles. The zero-order valence-corrected chi connectivity index (χ0v) is 11.6. The van der Waals surface area contributed by atoms with Gasteiger partial charge in [0.05, 0.1) is 16.4 Å². The maximum atomic E-state index is 4.42. The Morgan fingerprint density at radius 3 is 3.00 bits per heavy atom. The minimum Gasteiger partial charge on any atom is -0.314 e. The summed E-state index contributed by atoms with van der Waals surface area (Å²) in [5.74, 6) is 0. The average molecular weight is 286 g/mol. The van der Waals surface area contributed by atoms with E-state index in [0.717, 1.165) is 17.4 Å². The smallest absolute Gasteiger partial charge is 0.0635 e. The molecule has 0 spiro atoms. The molecule has 0 bridgehead atoms. The van der Waals surface area contributed by atoms with E-state index in [2.05, 4.69) is 44.9 Å². The van der Waals surface area contributed by atoms with Crippen LogP contribution >= 0.6 is 15.9 Å². The van der Waals surface area contributed by atoms with E-state index in [1.807, 2.05) is 6.20 Å². The number of aromatic nitrogens is 2. The molecule has 2 heterocycles. The summed E-state index contributed by atoms with van der Waals surface area (Å²) in [6.45, 7) is 5.52. The van der Waals surface area contributed by atoms with Crippen LogP contribution in [0.2, 0.25) is 0 Å². The second-order valence-corrected chi connectivity index (χ2v) is 5.68. The van der Waals surface area contributed by atoms with Gasteiger partial charge in [0.2, 0.25) is 0 Å². The van der Waals surface area contributed by atoms with Gasteiger partial charge >= 0.3 is 0 Å². The monoisotopic (exact) mass is 285 g/mol. The van der Waals surface area contributed by atoms with Crippen molar-refractivity contribution in [2.45, 2.75) is 51.6 Å². The van der Waals surface area contributed by atoms with Gasteiger partial charge in [0, 0.05) is 18.5 Å². The quantitative estimate of drug-likeness (QED) is 0.926. The third kappa shape index (κ3) is 2.66. The van der Waals surface area contributed by atoms with Crippen molar-refractivity contribution in [3.8, 4) is 0 Å². The van der Waals surface area contributed by atoms with Crippen LogP contribution in [-0.4, -0.2) is 22.4 Å². The van der Waals surface area contributed by atoms with Crippen molar-refractivity contribution in [3.63, 3.8) is 0 Å². The first-order chi connectivity index (χ1) is 7.68. The Morgan fingerprint density at radius 1 is 1.56 bits per heavy atom. The Labute approximate surface area is 106 Å². The zero-order chi connectivity index (χ0) is 11.5. The number of rotatable bonds is 3. The van der Waals surface area contributed by atoms with Crippen molar-refractivity contribution in [1.82, 2.24) is 15.1 Å². The van der Waals surface area contributed by atoms with Gasteiger partial charge in [0.15, 0.2) is 0 Å². The molecule has 2 rings (SSSR count). The van der Waals surface area contributed by atoms with Crippen LogP contribution in [0.1, 0.15) is 44.8 Å². The van der Waals surface area contributed by atoms with Crippen LogP contribution in [0.4, 0.5) is 0 Å². The number of hydrogen-bond acceptors (Lipinski definition) is 2. The minimum absolute atomic E-state index is 0.435. The van der Waals surface area contributed by atoms with Crippen LogP contribution in [0, 0.1) is 0 Å². The van der Waals surface area contributed by atoms with E-state index in [1.165, 1.54) is 25.0 Å². The Bertz CT molecular complexity index is 340. The van der Waals surface area contributed by atoms with Crippen LogP contribution in [0.3, 0.4) is 0 Å². The molecule has 4 heteroatoms. The van der Waals surface area contributed by atoms with E-state index < -0.39 is 0 Å². The predicted octanol–water partition coefficient (Wildman–Crippen LogP) is 2.91. The highest BCUT2D eigenvalue weighted by Gasteiger charge is 2.18. The number of nitrogens with one attached hydrogen (secondary N) is 1. The highest BCUT2D eigenvalue weighted by atomic mass is 79.9.